The predicted molar refractivity (Wildman–Crippen MR) is 90.3 cm³/mol. The van der Waals surface area contributed by atoms with Gasteiger partial charge in [0.1, 0.15) is 0 Å². The number of nitrogens with zero attached hydrogens (tertiary/aromatic N) is 1. The Morgan fingerprint density at radius 2 is 2.09 bits per heavy atom. The van der Waals surface area contributed by atoms with E-state index >= 15 is 0 Å². The third kappa shape index (κ3) is 2.33. The molecule has 22 heavy (non-hydrogen) atoms. The SMILES string of the molecule is CC(C)C1=CC[C@@H]2C(=C1)CC[C@H]1[C@]2(C)CCC[C@@]1(C)N=C=O. The van der Waals surface area contributed by atoms with Crippen molar-refractivity contribution < 1.29 is 4.79 Å². The maximum Gasteiger partial charge on any atom is 0.235 e. The van der Waals surface area contributed by atoms with E-state index in [1.165, 1.54) is 37.7 Å². The molecule has 2 heteroatoms. The van der Waals surface area contributed by atoms with Crippen LogP contribution in [0.5, 0.6) is 0 Å². The molecule has 3 aliphatic carbocycles. The Balaban J connectivity index is 1.95. The van der Waals surface area contributed by atoms with E-state index < -0.39 is 0 Å². The summed E-state index contributed by atoms with van der Waals surface area (Å²) in [6.07, 6.45) is 13.8. The molecule has 120 valence electrons. The summed E-state index contributed by atoms with van der Waals surface area (Å²) < 4.78 is 0. The number of hydrogen-bond acceptors (Lipinski definition) is 2. The van der Waals surface area contributed by atoms with Crippen LogP contribution in [-0.4, -0.2) is 11.6 Å². The van der Waals surface area contributed by atoms with Crippen LogP contribution in [-0.2, 0) is 4.79 Å². The molecule has 4 atom stereocenters. The van der Waals surface area contributed by atoms with Gasteiger partial charge in [0.15, 0.2) is 0 Å². The summed E-state index contributed by atoms with van der Waals surface area (Å²) in [5.41, 5.74) is 3.26. The normalized spacial score (nSPS) is 41.0. The van der Waals surface area contributed by atoms with Crippen LogP contribution in [0.25, 0.3) is 0 Å². The molecule has 0 aromatic heterocycles. The Morgan fingerprint density at radius 1 is 1.32 bits per heavy atom. The second kappa shape index (κ2) is 5.49. The highest BCUT2D eigenvalue weighted by molar-refractivity contribution is 5.37. The van der Waals surface area contributed by atoms with Crippen molar-refractivity contribution in [2.24, 2.45) is 28.2 Å². The Bertz CT molecular complexity index is 566. The summed E-state index contributed by atoms with van der Waals surface area (Å²) >= 11 is 0. The van der Waals surface area contributed by atoms with Crippen LogP contribution in [0.1, 0.15) is 66.2 Å². The Hall–Kier alpha value is -1.14. The van der Waals surface area contributed by atoms with Gasteiger partial charge in [-0.1, -0.05) is 44.9 Å². The average Bonchev–Trinajstić information content (AvgIpc) is 2.46. The summed E-state index contributed by atoms with van der Waals surface area (Å²) in [7, 11) is 0. The highest BCUT2D eigenvalue weighted by Crippen LogP contribution is 2.61. The zero-order chi connectivity index (χ0) is 16.0. The summed E-state index contributed by atoms with van der Waals surface area (Å²) in [6, 6.07) is 0. The minimum Gasteiger partial charge on any atom is -0.211 e. The van der Waals surface area contributed by atoms with Crippen molar-refractivity contribution >= 4 is 6.08 Å². The first-order chi connectivity index (χ1) is 10.4. The fourth-order valence-corrected chi connectivity index (χ4v) is 5.61. The molecule has 0 spiro atoms. The first kappa shape index (κ1) is 15.7. The van der Waals surface area contributed by atoms with Gasteiger partial charge in [0.2, 0.25) is 6.08 Å². The van der Waals surface area contributed by atoms with Crippen LogP contribution < -0.4 is 0 Å². The van der Waals surface area contributed by atoms with Crippen molar-refractivity contribution in [1.29, 1.82) is 0 Å². The summed E-state index contributed by atoms with van der Waals surface area (Å²) in [5, 5.41) is 0. The van der Waals surface area contributed by atoms with Crippen molar-refractivity contribution in [2.75, 3.05) is 0 Å². The number of hydrogen-bond donors (Lipinski definition) is 0. The van der Waals surface area contributed by atoms with E-state index in [4.69, 9.17) is 0 Å². The Labute approximate surface area is 134 Å². The average molecular weight is 299 g/mol. The molecule has 3 rings (SSSR count). The molecular weight excluding hydrogens is 270 g/mol. The van der Waals surface area contributed by atoms with Crippen LogP contribution in [0.2, 0.25) is 0 Å². The monoisotopic (exact) mass is 299 g/mol. The maximum atomic E-state index is 10.9. The van der Waals surface area contributed by atoms with Gasteiger partial charge in [-0.15, -0.1) is 0 Å². The lowest BCUT2D eigenvalue weighted by Crippen LogP contribution is -2.53. The zero-order valence-electron chi connectivity index (χ0n) is 14.5. The largest absolute Gasteiger partial charge is 0.235 e. The first-order valence-corrected chi connectivity index (χ1v) is 8.90. The summed E-state index contributed by atoms with van der Waals surface area (Å²) in [6.45, 7) is 9.22. The second-order valence-electron chi connectivity index (χ2n) is 8.38. The lowest BCUT2D eigenvalue weighted by Gasteiger charge is -2.57. The van der Waals surface area contributed by atoms with Gasteiger partial charge in [0, 0.05) is 0 Å². The molecule has 0 unspecified atom stereocenters. The minimum absolute atomic E-state index is 0.192. The van der Waals surface area contributed by atoms with Gasteiger partial charge in [-0.25, -0.2) is 4.79 Å². The molecule has 0 aromatic rings. The lowest BCUT2D eigenvalue weighted by atomic mass is 9.48. The number of fused-ring (bicyclic) bond motifs is 3. The number of rotatable bonds is 2. The molecule has 0 saturated heterocycles. The van der Waals surface area contributed by atoms with E-state index in [9.17, 15) is 4.79 Å². The Morgan fingerprint density at radius 3 is 2.77 bits per heavy atom. The van der Waals surface area contributed by atoms with Crippen LogP contribution in [0.3, 0.4) is 0 Å². The molecule has 0 aromatic carbocycles. The molecule has 0 amide bonds. The fourth-order valence-electron chi connectivity index (χ4n) is 5.61. The zero-order valence-corrected chi connectivity index (χ0v) is 14.5. The van der Waals surface area contributed by atoms with E-state index in [-0.39, 0.29) is 11.0 Å². The molecular formula is C20H29NO. The highest BCUT2D eigenvalue weighted by Gasteiger charge is 2.55. The third-order valence-corrected chi connectivity index (χ3v) is 6.82. The first-order valence-electron chi connectivity index (χ1n) is 8.90. The topological polar surface area (TPSA) is 29.4 Å². The molecule has 2 saturated carbocycles. The summed E-state index contributed by atoms with van der Waals surface area (Å²) in [5.74, 6) is 1.79. The second-order valence-corrected chi connectivity index (χ2v) is 8.38. The van der Waals surface area contributed by atoms with Gasteiger partial charge in [0.05, 0.1) is 5.54 Å². The molecule has 0 bridgehead atoms. The quantitative estimate of drug-likeness (QED) is 0.508. The van der Waals surface area contributed by atoms with Crippen LogP contribution >= 0.6 is 0 Å². The third-order valence-electron chi connectivity index (χ3n) is 6.82. The smallest absolute Gasteiger partial charge is 0.211 e. The molecule has 2 nitrogen and oxygen atoms in total. The van der Waals surface area contributed by atoms with Gasteiger partial charge in [-0.3, -0.25) is 0 Å². The fraction of sp³-hybridized carbons (Fsp3) is 0.750. The Kier molecular flexibility index (Phi) is 3.93. The van der Waals surface area contributed by atoms with Crippen molar-refractivity contribution in [3.8, 4) is 0 Å². The lowest BCUT2D eigenvalue weighted by molar-refractivity contribution is -0.0170. The van der Waals surface area contributed by atoms with Gasteiger partial charge in [-0.05, 0) is 67.8 Å². The van der Waals surface area contributed by atoms with Crippen molar-refractivity contribution in [3.63, 3.8) is 0 Å². The van der Waals surface area contributed by atoms with Gasteiger partial charge in [-0.2, -0.15) is 4.99 Å². The maximum absolute atomic E-state index is 10.9. The molecule has 0 aliphatic heterocycles. The molecule has 3 aliphatic rings. The van der Waals surface area contributed by atoms with Gasteiger partial charge < -0.3 is 0 Å². The molecule has 0 heterocycles. The van der Waals surface area contributed by atoms with Crippen molar-refractivity contribution in [3.05, 3.63) is 23.3 Å². The van der Waals surface area contributed by atoms with E-state index in [2.05, 4.69) is 44.8 Å². The highest BCUT2D eigenvalue weighted by atomic mass is 16.1. The summed E-state index contributed by atoms with van der Waals surface area (Å²) in [4.78, 5) is 15.2. The number of allylic oxidation sites excluding steroid dienone is 4. The standard InChI is InChI=1S/C20H29NO/c1-14(2)15-6-8-17-16(12-15)7-9-18-19(17,3)10-5-11-20(18,4)21-13-22/h6,12,14,17-18H,5,7-11H2,1-4H3/t17-,18+,19-,20-/m1/s1. The molecule has 0 radical (unpaired) electrons. The number of aliphatic imine (C=N–C) groups is 1. The van der Waals surface area contributed by atoms with E-state index in [1.807, 2.05) is 6.08 Å². The van der Waals surface area contributed by atoms with Gasteiger partial charge >= 0.3 is 0 Å². The van der Waals surface area contributed by atoms with Crippen molar-refractivity contribution in [2.45, 2.75) is 71.8 Å². The van der Waals surface area contributed by atoms with Crippen LogP contribution in [0.15, 0.2) is 28.3 Å². The minimum atomic E-state index is -0.192. The van der Waals surface area contributed by atoms with Crippen molar-refractivity contribution in [1.82, 2.24) is 0 Å². The molecule has 2 fully saturated rings. The molecule has 0 N–H and O–H groups in total. The van der Waals surface area contributed by atoms with E-state index in [0.717, 1.165) is 6.42 Å². The number of isocyanates is 1. The predicted octanol–water partition coefficient (Wildman–Crippen LogP) is 5.21. The van der Waals surface area contributed by atoms with Crippen LogP contribution in [0.4, 0.5) is 0 Å². The van der Waals surface area contributed by atoms with Gasteiger partial charge in [0.25, 0.3) is 0 Å². The number of carbonyl (C=O) groups excluding carboxylic acids is 1. The van der Waals surface area contributed by atoms with E-state index in [0.29, 0.717) is 17.8 Å². The van der Waals surface area contributed by atoms with E-state index in [1.54, 1.807) is 5.57 Å². The van der Waals surface area contributed by atoms with Crippen LogP contribution in [0, 0.1) is 23.2 Å².